The molecule has 8 rings (SSSR count). The molecule has 2 aromatic heterocycles. The van der Waals surface area contributed by atoms with E-state index in [0.717, 1.165) is 16.7 Å². The Labute approximate surface area is 214 Å². The fourth-order valence-corrected chi connectivity index (χ4v) is 5.79. The van der Waals surface area contributed by atoms with Gasteiger partial charge in [-0.1, -0.05) is 109 Å². The van der Waals surface area contributed by atoms with E-state index in [1.165, 1.54) is 54.7 Å². The van der Waals surface area contributed by atoms with Gasteiger partial charge in [-0.3, -0.25) is 4.40 Å². The molecule has 0 aliphatic heterocycles. The van der Waals surface area contributed by atoms with Crippen molar-refractivity contribution in [3.8, 4) is 22.3 Å². The summed E-state index contributed by atoms with van der Waals surface area (Å²) in [4.78, 5) is 5.11. The molecule has 0 aliphatic rings. The number of nitrogens with zero attached hydrogens (tertiary/aromatic N) is 2. The van der Waals surface area contributed by atoms with E-state index in [1.807, 2.05) is 0 Å². The molecular weight excluding hydrogens is 448 g/mol. The molecule has 2 heterocycles. The molecule has 0 saturated carbocycles. The van der Waals surface area contributed by atoms with Crippen LogP contribution in [0.3, 0.4) is 0 Å². The van der Waals surface area contributed by atoms with Gasteiger partial charge in [0.05, 0.1) is 16.6 Å². The van der Waals surface area contributed by atoms with E-state index in [2.05, 4.69) is 138 Å². The van der Waals surface area contributed by atoms with Crippen LogP contribution < -0.4 is 0 Å². The van der Waals surface area contributed by atoms with Gasteiger partial charge in [-0.05, 0) is 57.3 Å². The van der Waals surface area contributed by atoms with Gasteiger partial charge in [0.15, 0.2) is 0 Å². The van der Waals surface area contributed by atoms with Gasteiger partial charge in [0.2, 0.25) is 0 Å². The minimum atomic E-state index is 1.01. The first-order valence-electron chi connectivity index (χ1n) is 12.7. The van der Waals surface area contributed by atoms with Crippen LogP contribution in [0.1, 0.15) is 0 Å². The average molecular weight is 471 g/mol. The average Bonchev–Trinajstić information content (AvgIpc) is 3.37. The maximum Gasteiger partial charge on any atom is 0.146 e. The van der Waals surface area contributed by atoms with Gasteiger partial charge >= 0.3 is 0 Å². The summed E-state index contributed by atoms with van der Waals surface area (Å²) in [5, 5.41) is 6.20. The predicted molar refractivity (Wildman–Crippen MR) is 156 cm³/mol. The summed E-state index contributed by atoms with van der Waals surface area (Å²) in [5.41, 5.74) is 9.20. The number of aromatic nitrogens is 2. The van der Waals surface area contributed by atoms with Crippen molar-refractivity contribution >= 4 is 49.1 Å². The minimum Gasteiger partial charge on any atom is -0.292 e. The van der Waals surface area contributed by atoms with Gasteiger partial charge < -0.3 is 0 Å². The first-order chi connectivity index (χ1) is 18.3. The van der Waals surface area contributed by atoms with E-state index in [4.69, 9.17) is 4.98 Å². The van der Waals surface area contributed by atoms with Crippen molar-refractivity contribution in [2.45, 2.75) is 0 Å². The molecule has 172 valence electrons. The lowest BCUT2D eigenvalue weighted by atomic mass is 9.96. The Morgan fingerprint density at radius 3 is 1.95 bits per heavy atom. The smallest absolute Gasteiger partial charge is 0.146 e. The summed E-state index contributed by atoms with van der Waals surface area (Å²) < 4.78 is 2.34. The molecule has 37 heavy (non-hydrogen) atoms. The Hall–Kier alpha value is -4.95. The highest BCUT2D eigenvalue weighted by Crippen LogP contribution is 2.38. The maximum atomic E-state index is 5.11. The zero-order valence-electron chi connectivity index (χ0n) is 20.1. The van der Waals surface area contributed by atoms with Crippen molar-refractivity contribution in [3.63, 3.8) is 0 Å². The second kappa shape index (κ2) is 7.78. The lowest BCUT2D eigenvalue weighted by Gasteiger charge is -2.13. The fraction of sp³-hybridized carbons (Fsp3) is 0. The van der Waals surface area contributed by atoms with Gasteiger partial charge in [0.1, 0.15) is 5.65 Å². The summed E-state index contributed by atoms with van der Waals surface area (Å²) in [5.74, 6) is 0. The number of hydrogen-bond donors (Lipinski definition) is 0. The molecule has 0 bridgehead atoms. The minimum absolute atomic E-state index is 1.01. The van der Waals surface area contributed by atoms with Gasteiger partial charge in [0.25, 0.3) is 0 Å². The van der Waals surface area contributed by atoms with Crippen LogP contribution in [0.4, 0.5) is 0 Å². The lowest BCUT2D eigenvalue weighted by Crippen LogP contribution is -1.93. The summed E-state index contributed by atoms with van der Waals surface area (Å²) in [6.07, 6.45) is 0. The number of pyridine rings is 1. The molecule has 0 aliphatic carbocycles. The third kappa shape index (κ3) is 3.03. The topological polar surface area (TPSA) is 17.3 Å². The second-order valence-corrected chi connectivity index (χ2v) is 9.64. The molecule has 8 aromatic rings. The van der Waals surface area contributed by atoms with E-state index < -0.39 is 0 Å². The molecule has 0 fully saturated rings. The van der Waals surface area contributed by atoms with Crippen LogP contribution in [0, 0.1) is 0 Å². The number of rotatable bonds is 2. The van der Waals surface area contributed by atoms with Crippen LogP contribution in [0.15, 0.2) is 133 Å². The molecule has 0 amide bonds. The van der Waals surface area contributed by atoms with E-state index in [9.17, 15) is 0 Å². The van der Waals surface area contributed by atoms with Crippen molar-refractivity contribution in [1.82, 2.24) is 9.38 Å². The third-order valence-corrected chi connectivity index (χ3v) is 7.56. The molecule has 2 heteroatoms. The lowest BCUT2D eigenvalue weighted by molar-refractivity contribution is 1.32. The highest BCUT2D eigenvalue weighted by Gasteiger charge is 2.16. The van der Waals surface area contributed by atoms with Crippen LogP contribution in [0.2, 0.25) is 0 Å². The van der Waals surface area contributed by atoms with Crippen molar-refractivity contribution in [3.05, 3.63) is 133 Å². The largest absolute Gasteiger partial charge is 0.292 e. The van der Waals surface area contributed by atoms with E-state index in [-0.39, 0.29) is 0 Å². The Bertz CT molecular complexity index is 2120. The van der Waals surface area contributed by atoms with Gasteiger partial charge in [0, 0.05) is 16.2 Å². The normalized spacial score (nSPS) is 11.8. The Balaban J connectivity index is 1.45. The van der Waals surface area contributed by atoms with Crippen LogP contribution in [-0.2, 0) is 0 Å². The highest BCUT2D eigenvalue weighted by atomic mass is 15.0. The van der Waals surface area contributed by atoms with Crippen LogP contribution in [0.25, 0.3) is 71.4 Å². The fourth-order valence-electron chi connectivity index (χ4n) is 5.79. The van der Waals surface area contributed by atoms with Crippen molar-refractivity contribution in [2.24, 2.45) is 0 Å². The molecule has 0 unspecified atom stereocenters. The van der Waals surface area contributed by atoms with E-state index >= 15 is 0 Å². The summed E-state index contributed by atoms with van der Waals surface area (Å²) in [6, 6.07) is 47.8. The molecule has 0 N–H and O–H groups in total. The number of hydrogen-bond acceptors (Lipinski definition) is 1. The first kappa shape index (κ1) is 20.3. The van der Waals surface area contributed by atoms with Crippen molar-refractivity contribution < 1.29 is 0 Å². The van der Waals surface area contributed by atoms with E-state index in [1.54, 1.807) is 0 Å². The number of para-hydroxylation sites is 2. The molecule has 0 atom stereocenters. The molecule has 0 radical (unpaired) electrons. The zero-order valence-corrected chi connectivity index (χ0v) is 20.1. The SMILES string of the molecule is c1ccc(-c2ccc(-c3ccc4c5c6ccccc6ccc5c5nc6ccccc6n5c4c3)cc2)cc1. The maximum absolute atomic E-state index is 5.11. The molecule has 0 saturated heterocycles. The first-order valence-corrected chi connectivity index (χ1v) is 12.7. The quantitative estimate of drug-likeness (QED) is 0.230. The zero-order chi connectivity index (χ0) is 24.3. The van der Waals surface area contributed by atoms with Crippen LogP contribution >= 0.6 is 0 Å². The summed E-state index contributed by atoms with van der Waals surface area (Å²) in [6.45, 7) is 0. The Morgan fingerprint density at radius 1 is 0.432 bits per heavy atom. The predicted octanol–water partition coefficient (Wildman–Crippen LogP) is 9.28. The Morgan fingerprint density at radius 2 is 1.08 bits per heavy atom. The van der Waals surface area contributed by atoms with Gasteiger partial charge in [-0.2, -0.15) is 0 Å². The number of benzene rings is 6. The van der Waals surface area contributed by atoms with Gasteiger partial charge in [-0.15, -0.1) is 0 Å². The summed E-state index contributed by atoms with van der Waals surface area (Å²) in [7, 11) is 0. The van der Waals surface area contributed by atoms with Crippen molar-refractivity contribution in [2.75, 3.05) is 0 Å². The highest BCUT2D eigenvalue weighted by molar-refractivity contribution is 6.24. The van der Waals surface area contributed by atoms with Crippen LogP contribution in [0.5, 0.6) is 0 Å². The van der Waals surface area contributed by atoms with Crippen molar-refractivity contribution in [1.29, 1.82) is 0 Å². The van der Waals surface area contributed by atoms with Crippen LogP contribution in [-0.4, -0.2) is 9.38 Å². The number of imidazole rings is 1. The standard InChI is InChI=1S/C35H22N2/c1-2-8-23(9-3-1)24-14-16-25(17-15-24)27-19-20-29-33(22-27)37-32-13-7-6-12-31(32)36-35(37)30-21-18-26-10-4-5-11-28(26)34(29)30/h1-22H. The monoisotopic (exact) mass is 470 g/mol. The summed E-state index contributed by atoms with van der Waals surface area (Å²) >= 11 is 0. The second-order valence-electron chi connectivity index (χ2n) is 9.64. The Kier molecular flexibility index (Phi) is 4.26. The molecular formula is C35H22N2. The third-order valence-electron chi connectivity index (χ3n) is 7.56. The van der Waals surface area contributed by atoms with E-state index in [0.29, 0.717) is 0 Å². The van der Waals surface area contributed by atoms with Gasteiger partial charge in [-0.25, -0.2) is 4.98 Å². The molecule has 2 nitrogen and oxygen atoms in total. The number of fused-ring (bicyclic) bond motifs is 10. The molecule has 6 aromatic carbocycles. The molecule has 0 spiro atoms.